The Hall–Kier alpha value is -1.75. The summed E-state index contributed by atoms with van der Waals surface area (Å²) < 4.78 is 0.901. The molecule has 24 heavy (non-hydrogen) atoms. The molecule has 0 radical (unpaired) electrons. The van der Waals surface area contributed by atoms with Gasteiger partial charge < -0.3 is 9.69 Å². The van der Waals surface area contributed by atoms with Gasteiger partial charge in [-0.2, -0.15) is 0 Å². The zero-order chi connectivity index (χ0) is 17.1. The molecule has 0 saturated carbocycles. The van der Waals surface area contributed by atoms with Gasteiger partial charge in [-0.3, -0.25) is 0 Å². The van der Waals surface area contributed by atoms with Gasteiger partial charge in [-0.15, -0.1) is 0 Å². The third-order valence-corrected chi connectivity index (χ3v) is 4.85. The van der Waals surface area contributed by atoms with Crippen molar-refractivity contribution in [2.45, 2.75) is 32.6 Å². The molecule has 0 aliphatic carbocycles. The maximum atomic E-state index is 11.2. The predicted molar refractivity (Wildman–Crippen MR) is 99.3 cm³/mol. The van der Waals surface area contributed by atoms with E-state index in [4.69, 9.17) is 0 Å². The monoisotopic (exact) mass is 387 g/mol. The molecule has 2 aromatic rings. The Morgan fingerprint density at radius 2 is 1.88 bits per heavy atom. The van der Waals surface area contributed by atoms with Crippen molar-refractivity contribution in [2.75, 3.05) is 18.0 Å². The number of hydrogen-bond acceptors (Lipinski definition) is 4. The average Bonchev–Trinajstić information content (AvgIpc) is 2.48. The van der Waals surface area contributed by atoms with Crippen molar-refractivity contribution < 1.29 is 4.79 Å². The lowest BCUT2D eigenvalue weighted by molar-refractivity contribution is -0.117. The van der Waals surface area contributed by atoms with E-state index in [1.807, 2.05) is 0 Å². The Balaban J connectivity index is 1.54. The van der Waals surface area contributed by atoms with E-state index in [9.17, 15) is 4.79 Å². The van der Waals surface area contributed by atoms with Crippen molar-refractivity contribution in [3.8, 4) is 0 Å². The number of rotatable bonds is 6. The van der Waals surface area contributed by atoms with Crippen molar-refractivity contribution in [1.29, 1.82) is 0 Å². The quantitative estimate of drug-likeness (QED) is 0.751. The first-order valence-electron chi connectivity index (χ1n) is 8.32. The summed E-state index contributed by atoms with van der Waals surface area (Å²) in [6.45, 7) is 5.72. The molecule has 0 N–H and O–H groups in total. The first-order valence-corrected chi connectivity index (χ1v) is 9.11. The van der Waals surface area contributed by atoms with E-state index in [0.717, 1.165) is 29.9 Å². The summed E-state index contributed by atoms with van der Waals surface area (Å²) in [6, 6.07) is 8.84. The summed E-state index contributed by atoms with van der Waals surface area (Å²) in [5.74, 6) is 2.01. The smallest absolute Gasteiger partial charge is 0.225 e. The molecule has 1 aromatic carbocycles. The van der Waals surface area contributed by atoms with Crippen LogP contribution in [0.3, 0.4) is 0 Å². The number of anilines is 1. The third kappa shape index (κ3) is 4.20. The normalized spacial score (nSPS) is 15.9. The Morgan fingerprint density at radius 3 is 2.46 bits per heavy atom. The molecule has 3 rings (SSSR count). The highest BCUT2D eigenvalue weighted by molar-refractivity contribution is 9.10. The van der Waals surface area contributed by atoms with Crippen LogP contribution in [0.2, 0.25) is 0 Å². The van der Waals surface area contributed by atoms with Crippen LogP contribution in [0.25, 0.3) is 0 Å². The van der Waals surface area contributed by atoms with Crippen LogP contribution in [0, 0.1) is 5.92 Å². The fourth-order valence-corrected chi connectivity index (χ4v) is 3.42. The number of Topliss-reactive ketones (excluding diaryl/α,β-unsaturated/α-hetero) is 1. The second kappa shape index (κ2) is 7.43. The topological polar surface area (TPSA) is 46.1 Å². The van der Waals surface area contributed by atoms with Crippen LogP contribution in [0.4, 0.5) is 5.95 Å². The van der Waals surface area contributed by atoms with Gasteiger partial charge in [0.2, 0.25) is 5.95 Å². The third-order valence-electron chi connectivity index (χ3n) is 4.44. The molecule has 2 heterocycles. The highest BCUT2D eigenvalue weighted by Crippen LogP contribution is 2.30. The minimum atomic E-state index is 0.267. The molecule has 1 aliphatic rings. The van der Waals surface area contributed by atoms with Gasteiger partial charge in [-0.25, -0.2) is 9.97 Å². The summed E-state index contributed by atoms with van der Waals surface area (Å²) in [6.07, 6.45) is 5.19. The van der Waals surface area contributed by atoms with Gasteiger partial charge in [0, 0.05) is 37.8 Å². The lowest BCUT2D eigenvalue weighted by atomic mass is 9.89. The molecule has 0 amide bonds. The van der Waals surface area contributed by atoms with Crippen LogP contribution in [0.5, 0.6) is 0 Å². The predicted octanol–water partition coefficient (Wildman–Crippen LogP) is 4.00. The number of halogens is 1. The maximum absolute atomic E-state index is 11.2. The highest BCUT2D eigenvalue weighted by Gasteiger charge is 2.29. The zero-order valence-corrected chi connectivity index (χ0v) is 15.7. The summed E-state index contributed by atoms with van der Waals surface area (Å²) in [4.78, 5) is 22.1. The van der Waals surface area contributed by atoms with Gasteiger partial charge in [0.15, 0.2) is 0 Å². The number of ketones is 1. The Bertz CT molecular complexity index is 694. The van der Waals surface area contributed by atoms with Crippen molar-refractivity contribution >= 4 is 27.7 Å². The molecule has 1 fully saturated rings. The van der Waals surface area contributed by atoms with Gasteiger partial charge in [0.05, 0.1) is 4.47 Å². The van der Waals surface area contributed by atoms with E-state index in [1.54, 1.807) is 19.3 Å². The van der Waals surface area contributed by atoms with Gasteiger partial charge in [-0.1, -0.05) is 31.2 Å². The first kappa shape index (κ1) is 17.1. The SMILES string of the molecule is CC(=O)CC(C)Cc1ccc(C2CN(c3ncc(Br)cn3)C2)cc1. The number of benzene rings is 1. The lowest BCUT2D eigenvalue weighted by Crippen LogP contribution is -2.45. The molecule has 1 aliphatic heterocycles. The van der Waals surface area contributed by atoms with Crippen LogP contribution in [0.1, 0.15) is 37.3 Å². The number of aromatic nitrogens is 2. The molecule has 0 spiro atoms. The van der Waals surface area contributed by atoms with E-state index in [1.165, 1.54) is 11.1 Å². The van der Waals surface area contributed by atoms with Crippen molar-refractivity contribution in [2.24, 2.45) is 5.92 Å². The second-order valence-electron chi connectivity index (χ2n) is 6.76. The van der Waals surface area contributed by atoms with Crippen LogP contribution < -0.4 is 4.90 Å². The summed E-state index contributed by atoms with van der Waals surface area (Å²) >= 11 is 3.36. The number of carbonyl (C=O) groups is 1. The van der Waals surface area contributed by atoms with Crippen LogP contribution in [-0.4, -0.2) is 28.8 Å². The number of hydrogen-bond donors (Lipinski definition) is 0. The maximum Gasteiger partial charge on any atom is 0.225 e. The minimum absolute atomic E-state index is 0.267. The summed E-state index contributed by atoms with van der Waals surface area (Å²) in [5, 5.41) is 0. The standard InChI is InChI=1S/C19H22BrN3O/c1-13(7-14(2)24)8-15-3-5-16(6-4-15)17-11-23(12-17)19-21-9-18(20)10-22-19/h3-6,9-10,13,17H,7-8,11-12H2,1-2H3. The molecule has 4 nitrogen and oxygen atoms in total. The summed E-state index contributed by atoms with van der Waals surface area (Å²) in [5.41, 5.74) is 2.67. The molecule has 0 bridgehead atoms. The average molecular weight is 388 g/mol. The fourth-order valence-electron chi connectivity index (χ4n) is 3.21. The molecular formula is C19H22BrN3O. The fraction of sp³-hybridized carbons (Fsp3) is 0.421. The number of nitrogens with zero attached hydrogens (tertiary/aromatic N) is 3. The van der Waals surface area contributed by atoms with Crippen molar-refractivity contribution in [1.82, 2.24) is 9.97 Å². The number of carbonyl (C=O) groups excluding carboxylic acids is 1. The Morgan fingerprint density at radius 1 is 1.25 bits per heavy atom. The van der Waals surface area contributed by atoms with Crippen LogP contribution in [-0.2, 0) is 11.2 Å². The van der Waals surface area contributed by atoms with Crippen molar-refractivity contribution in [3.05, 3.63) is 52.3 Å². The molecule has 5 heteroatoms. The van der Waals surface area contributed by atoms with Crippen molar-refractivity contribution in [3.63, 3.8) is 0 Å². The van der Waals surface area contributed by atoms with E-state index in [0.29, 0.717) is 18.3 Å². The second-order valence-corrected chi connectivity index (χ2v) is 7.68. The summed E-state index contributed by atoms with van der Waals surface area (Å²) in [7, 11) is 0. The first-order chi connectivity index (χ1) is 11.5. The largest absolute Gasteiger partial charge is 0.339 e. The molecular weight excluding hydrogens is 366 g/mol. The Kier molecular flexibility index (Phi) is 5.29. The lowest BCUT2D eigenvalue weighted by Gasteiger charge is -2.39. The van der Waals surface area contributed by atoms with Gasteiger partial charge in [0.1, 0.15) is 5.78 Å². The van der Waals surface area contributed by atoms with E-state index >= 15 is 0 Å². The van der Waals surface area contributed by atoms with Crippen LogP contribution in [0.15, 0.2) is 41.1 Å². The molecule has 1 aromatic heterocycles. The zero-order valence-electron chi connectivity index (χ0n) is 14.1. The Labute approximate surface area is 151 Å². The van der Waals surface area contributed by atoms with Gasteiger partial charge >= 0.3 is 0 Å². The molecule has 1 saturated heterocycles. The van der Waals surface area contributed by atoms with Crippen LogP contribution >= 0.6 is 15.9 Å². The molecule has 126 valence electrons. The van der Waals surface area contributed by atoms with Gasteiger partial charge in [0.25, 0.3) is 0 Å². The molecule has 1 unspecified atom stereocenters. The highest BCUT2D eigenvalue weighted by atomic mass is 79.9. The minimum Gasteiger partial charge on any atom is -0.339 e. The van der Waals surface area contributed by atoms with E-state index in [-0.39, 0.29) is 5.78 Å². The van der Waals surface area contributed by atoms with E-state index < -0.39 is 0 Å². The molecule has 1 atom stereocenters. The van der Waals surface area contributed by atoms with Gasteiger partial charge in [-0.05, 0) is 46.3 Å². The van der Waals surface area contributed by atoms with E-state index in [2.05, 4.69) is 62.0 Å².